The smallest absolute Gasteiger partial charge is 0.410 e. The molecule has 1 N–H and O–H groups in total. The predicted octanol–water partition coefficient (Wildman–Crippen LogP) is 1.61. The standard InChI is InChI=1S/C12H22N2O2/c1-12(2,3)16-11(15)14-6-4-5-9-7-13-10(9)8-14/h9-10,13H,4-8H2,1-3H3/t9-,10-/m1/s1. The van der Waals surface area contributed by atoms with Crippen molar-refractivity contribution >= 4 is 6.09 Å². The SMILES string of the molecule is CC(C)(C)OC(=O)N1CCC[C@@H]2CN[C@@H]2C1. The lowest BCUT2D eigenvalue weighted by molar-refractivity contribution is 0.0224. The third-order valence-corrected chi connectivity index (χ3v) is 3.28. The number of hydrogen-bond acceptors (Lipinski definition) is 3. The molecule has 0 spiro atoms. The van der Waals surface area contributed by atoms with Gasteiger partial charge in [-0.2, -0.15) is 0 Å². The average Bonchev–Trinajstić information content (AvgIpc) is 2.23. The summed E-state index contributed by atoms with van der Waals surface area (Å²) in [5.74, 6) is 0.771. The highest BCUT2D eigenvalue weighted by Gasteiger charge is 2.36. The Morgan fingerprint density at radius 1 is 1.44 bits per heavy atom. The first kappa shape index (κ1) is 11.7. The van der Waals surface area contributed by atoms with Crippen LogP contribution in [0.5, 0.6) is 0 Å². The van der Waals surface area contributed by atoms with Crippen molar-refractivity contribution in [3.8, 4) is 0 Å². The summed E-state index contributed by atoms with van der Waals surface area (Å²) < 4.78 is 5.40. The van der Waals surface area contributed by atoms with E-state index in [0.717, 1.165) is 32.0 Å². The van der Waals surface area contributed by atoms with Crippen molar-refractivity contribution in [2.24, 2.45) is 5.92 Å². The molecule has 0 aliphatic carbocycles. The maximum atomic E-state index is 11.9. The molecule has 4 nitrogen and oxygen atoms in total. The molecule has 2 rings (SSSR count). The quantitative estimate of drug-likeness (QED) is 0.682. The van der Waals surface area contributed by atoms with Crippen molar-refractivity contribution < 1.29 is 9.53 Å². The number of nitrogens with zero attached hydrogens (tertiary/aromatic N) is 1. The van der Waals surface area contributed by atoms with Crippen LogP contribution in [0.15, 0.2) is 0 Å². The summed E-state index contributed by atoms with van der Waals surface area (Å²) in [6.07, 6.45) is 2.17. The van der Waals surface area contributed by atoms with E-state index < -0.39 is 5.60 Å². The number of ether oxygens (including phenoxy) is 1. The molecular weight excluding hydrogens is 204 g/mol. The van der Waals surface area contributed by atoms with Crippen molar-refractivity contribution in [1.29, 1.82) is 0 Å². The van der Waals surface area contributed by atoms with Crippen molar-refractivity contribution in [2.45, 2.75) is 45.3 Å². The lowest BCUT2D eigenvalue weighted by Gasteiger charge is -2.38. The molecule has 2 aliphatic heterocycles. The molecule has 0 unspecified atom stereocenters. The zero-order chi connectivity index (χ0) is 11.8. The predicted molar refractivity (Wildman–Crippen MR) is 62.3 cm³/mol. The maximum absolute atomic E-state index is 11.9. The van der Waals surface area contributed by atoms with Gasteiger partial charge in [0.2, 0.25) is 0 Å². The lowest BCUT2D eigenvalue weighted by Crippen LogP contribution is -2.57. The van der Waals surface area contributed by atoms with Crippen LogP contribution in [0.1, 0.15) is 33.6 Å². The summed E-state index contributed by atoms with van der Waals surface area (Å²) in [5.41, 5.74) is -0.393. The third kappa shape index (κ3) is 2.67. The molecule has 0 aromatic heterocycles. The van der Waals surface area contributed by atoms with Crippen LogP contribution in [0.3, 0.4) is 0 Å². The lowest BCUT2D eigenvalue weighted by atomic mass is 9.89. The summed E-state index contributed by atoms with van der Waals surface area (Å²) in [6.45, 7) is 8.49. The Labute approximate surface area is 97.3 Å². The molecule has 4 heteroatoms. The van der Waals surface area contributed by atoms with Crippen molar-refractivity contribution in [3.05, 3.63) is 0 Å². The van der Waals surface area contributed by atoms with Gasteiger partial charge in [0.25, 0.3) is 0 Å². The Hall–Kier alpha value is -0.770. The molecule has 2 aliphatic rings. The number of likely N-dealkylation sites (tertiary alicyclic amines) is 1. The van der Waals surface area contributed by atoms with Crippen LogP contribution in [0.4, 0.5) is 4.79 Å². The van der Waals surface area contributed by atoms with Crippen molar-refractivity contribution in [2.75, 3.05) is 19.6 Å². The number of nitrogens with one attached hydrogen (secondary N) is 1. The topological polar surface area (TPSA) is 41.6 Å². The molecular formula is C12H22N2O2. The van der Waals surface area contributed by atoms with Gasteiger partial charge in [-0.1, -0.05) is 0 Å². The van der Waals surface area contributed by atoms with Gasteiger partial charge in [-0.05, 0) is 46.1 Å². The molecule has 0 radical (unpaired) electrons. The normalized spacial score (nSPS) is 30.1. The van der Waals surface area contributed by atoms with Crippen LogP contribution < -0.4 is 5.32 Å². The fourth-order valence-corrected chi connectivity index (χ4v) is 2.33. The number of rotatable bonds is 0. The fourth-order valence-electron chi connectivity index (χ4n) is 2.33. The fraction of sp³-hybridized carbons (Fsp3) is 0.917. The number of carbonyl (C=O) groups is 1. The van der Waals surface area contributed by atoms with E-state index in [1.54, 1.807) is 0 Å². The maximum Gasteiger partial charge on any atom is 0.410 e. The second-order valence-corrected chi connectivity index (χ2v) is 5.84. The molecule has 1 amide bonds. The highest BCUT2D eigenvalue weighted by atomic mass is 16.6. The van der Waals surface area contributed by atoms with Crippen LogP contribution in [-0.2, 0) is 4.74 Å². The highest BCUT2D eigenvalue weighted by Crippen LogP contribution is 2.24. The van der Waals surface area contributed by atoms with Gasteiger partial charge in [0, 0.05) is 19.1 Å². The highest BCUT2D eigenvalue weighted by molar-refractivity contribution is 5.68. The average molecular weight is 226 g/mol. The van der Waals surface area contributed by atoms with E-state index in [4.69, 9.17) is 4.74 Å². The largest absolute Gasteiger partial charge is 0.444 e. The molecule has 0 aromatic rings. The molecule has 92 valence electrons. The summed E-state index contributed by atoms with van der Waals surface area (Å²) >= 11 is 0. The Morgan fingerprint density at radius 3 is 2.75 bits per heavy atom. The van der Waals surface area contributed by atoms with E-state index in [-0.39, 0.29) is 6.09 Å². The van der Waals surface area contributed by atoms with E-state index in [1.807, 2.05) is 25.7 Å². The second-order valence-electron chi connectivity index (χ2n) is 5.84. The van der Waals surface area contributed by atoms with Gasteiger partial charge in [-0.15, -0.1) is 0 Å². The van der Waals surface area contributed by atoms with Gasteiger partial charge in [-0.25, -0.2) is 4.79 Å². The summed E-state index contributed by atoms with van der Waals surface area (Å²) in [5, 5.41) is 3.39. The Balaban J connectivity index is 1.90. The minimum Gasteiger partial charge on any atom is -0.444 e. The molecule has 2 fully saturated rings. The number of amides is 1. The Bertz CT molecular complexity index is 273. The molecule has 0 aromatic carbocycles. The summed E-state index contributed by atoms with van der Waals surface area (Å²) in [6, 6.07) is 0.495. The van der Waals surface area contributed by atoms with Gasteiger partial charge in [0.1, 0.15) is 5.60 Å². The zero-order valence-corrected chi connectivity index (χ0v) is 10.5. The van der Waals surface area contributed by atoms with E-state index >= 15 is 0 Å². The molecule has 2 atom stereocenters. The third-order valence-electron chi connectivity index (χ3n) is 3.28. The summed E-state index contributed by atoms with van der Waals surface area (Å²) in [7, 11) is 0. The first-order valence-corrected chi connectivity index (χ1v) is 6.17. The Morgan fingerprint density at radius 2 is 2.19 bits per heavy atom. The minimum absolute atomic E-state index is 0.165. The minimum atomic E-state index is -0.393. The number of hydrogen-bond donors (Lipinski definition) is 1. The van der Waals surface area contributed by atoms with Gasteiger partial charge in [0.15, 0.2) is 0 Å². The number of carbonyl (C=O) groups excluding carboxylic acids is 1. The van der Waals surface area contributed by atoms with Crippen LogP contribution in [0.25, 0.3) is 0 Å². The second kappa shape index (κ2) is 4.24. The van der Waals surface area contributed by atoms with Gasteiger partial charge >= 0.3 is 6.09 Å². The first-order valence-electron chi connectivity index (χ1n) is 6.17. The van der Waals surface area contributed by atoms with E-state index in [9.17, 15) is 4.79 Å². The molecule has 16 heavy (non-hydrogen) atoms. The van der Waals surface area contributed by atoms with E-state index in [2.05, 4.69) is 5.32 Å². The molecule has 2 saturated heterocycles. The molecule has 0 bridgehead atoms. The van der Waals surface area contributed by atoms with Crippen LogP contribution >= 0.6 is 0 Å². The molecule has 2 heterocycles. The zero-order valence-electron chi connectivity index (χ0n) is 10.5. The van der Waals surface area contributed by atoms with Crippen LogP contribution in [0.2, 0.25) is 0 Å². The van der Waals surface area contributed by atoms with Gasteiger partial charge in [-0.3, -0.25) is 0 Å². The van der Waals surface area contributed by atoms with Gasteiger partial charge < -0.3 is 15.0 Å². The Kier molecular flexibility index (Phi) is 3.10. The molecule has 0 saturated carbocycles. The van der Waals surface area contributed by atoms with Crippen molar-refractivity contribution in [1.82, 2.24) is 10.2 Å². The number of fused-ring (bicyclic) bond motifs is 1. The van der Waals surface area contributed by atoms with Crippen LogP contribution in [0, 0.1) is 5.92 Å². The first-order chi connectivity index (χ1) is 7.46. The van der Waals surface area contributed by atoms with E-state index in [1.165, 1.54) is 6.42 Å². The van der Waals surface area contributed by atoms with Crippen LogP contribution in [-0.4, -0.2) is 42.3 Å². The monoisotopic (exact) mass is 226 g/mol. The summed E-state index contributed by atoms with van der Waals surface area (Å²) in [4.78, 5) is 13.8. The van der Waals surface area contributed by atoms with Crippen molar-refractivity contribution in [3.63, 3.8) is 0 Å². The van der Waals surface area contributed by atoms with Gasteiger partial charge in [0.05, 0.1) is 0 Å². The van der Waals surface area contributed by atoms with E-state index in [0.29, 0.717) is 6.04 Å².